The van der Waals surface area contributed by atoms with Crippen molar-refractivity contribution in [1.29, 1.82) is 0 Å². The van der Waals surface area contributed by atoms with Gasteiger partial charge in [-0.2, -0.15) is 0 Å². The van der Waals surface area contributed by atoms with Crippen molar-refractivity contribution in [2.24, 2.45) is 5.92 Å². The number of hydrogen-bond donors (Lipinski definition) is 2. The van der Waals surface area contributed by atoms with Crippen molar-refractivity contribution >= 4 is 5.91 Å². The van der Waals surface area contributed by atoms with E-state index in [0.717, 1.165) is 32.5 Å². The van der Waals surface area contributed by atoms with E-state index in [9.17, 15) is 4.79 Å². The molecule has 2 fully saturated rings. The summed E-state index contributed by atoms with van der Waals surface area (Å²) in [4.78, 5) is 14.5. The molecule has 2 aliphatic rings. The Balaban J connectivity index is 1.85. The average Bonchev–Trinajstić information content (AvgIpc) is 2.87. The predicted molar refractivity (Wildman–Crippen MR) is 81.2 cm³/mol. The van der Waals surface area contributed by atoms with Crippen LogP contribution < -0.4 is 10.6 Å². The number of amides is 1. The van der Waals surface area contributed by atoms with Gasteiger partial charge >= 0.3 is 0 Å². The Morgan fingerprint density at radius 3 is 2.80 bits per heavy atom. The first-order valence-electron chi connectivity index (χ1n) is 7.87. The molecule has 2 saturated heterocycles. The van der Waals surface area contributed by atoms with Gasteiger partial charge in [-0.25, -0.2) is 0 Å². The molecule has 2 aliphatic heterocycles. The molecule has 0 saturated carbocycles. The predicted octanol–water partition coefficient (Wildman–Crippen LogP) is 0.978. The number of carbonyl (C=O) groups excluding carboxylic acids is 1. The molecule has 2 unspecified atom stereocenters. The summed E-state index contributed by atoms with van der Waals surface area (Å²) in [6.07, 6.45) is 9.69. The first kappa shape index (κ1) is 15.3. The highest BCUT2D eigenvalue weighted by Gasteiger charge is 2.35. The van der Waals surface area contributed by atoms with Crippen LogP contribution in [0.25, 0.3) is 0 Å². The molecule has 4 heteroatoms. The molecule has 2 N–H and O–H groups in total. The maximum atomic E-state index is 12.2. The molecule has 20 heavy (non-hydrogen) atoms. The average molecular weight is 277 g/mol. The Bertz CT molecular complexity index is 370. The third-order valence-corrected chi connectivity index (χ3v) is 4.90. The maximum absolute atomic E-state index is 12.2. The molecule has 0 aliphatic carbocycles. The van der Waals surface area contributed by atoms with Gasteiger partial charge in [-0.1, -0.05) is 19.8 Å². The van der Waals surface area contributed by atoms with Gasteiger partial charge in [0.2, 0.25) is 5.91 Å². The zero-order valence-electron chi connectivity index (χ0n) is 12.7. The molecule has 0 bridgehead atoms. The molecule has 2 atom stereocenters. The molecular weight excluding hydrogens is 250 g/mol. The number of carbonyl (C=O) groups is 1. The van der Waals surface area contributed by atoms with Crippen LogP contribution in [0.2, 0.25) is 0 Å². The van der Waals surface area contributed by atoms with Gasteiger partial charge in [0.1, 0.15) is 5.54 Å². The van der Waals surface area contributed by atoms with Gasteiger partial charge in [0.25, 0.3) is 0 Å². The second kappa shape index (κ2) is 6.60. The zero-order valence-corrected chi connectivity index (χ0v) is 12.7. The SMILES string of the molecule is C#CC(CC)(CC)NC(=O)CN1CC2CCCNC2C1. The van der Waals surface area contributed by atoms with E-state index in [-0.39, 0.29) is 5.91 Å². The van der Waals surface area contributed by atoms with Crippen LogP contribution in [0.1, 0.15) is 39.5 Å². The number of nitrogens with zero attached hydrogens (tertiary/aromatic N) is 1. The number of likely N-dealkylation sites (tertiary alicyclic amines) is 1. The Hall–Kier alpha value is -1.05. The molecule has 0 radical (unpaired) electrons. The Morgan fingerprint density at radius 1 is 1.45 bits per heavy atom. The molecule has 2 heterocycles. The lowest BCUT2D eigenvalue weighted by Gasteiger charge is -2.28. The third-order valence-electron chi connectivity index (χ3n) is 4.90. The topological polar surface area (TPSA) is 44.4 Å². The lowest BCUT2D eigenvalue weighted by molar-refractivity contribution is -0.123. The summed E-state index contributed by atoms with van der Waals surface area (Å²) in [6, 6.07) is 0.575. The van der Waals surface area contributed by atoms with E-state index < -0.39 is 5.54 Å². The molecule has 2 rings (SSSR count). The normalized spacial score (nSPS) is 26.9. The minimum Gasteiger partial charge on any atom is -0.339 e. The second-order valence-electron chi connectivity index (χ2n) is 6.14. The number of fused-ring (bicyclic) bond motifs is 1. The Labute approximate surface area is 122 Å². The van der Waals surface area contributed by atoms with E-state index in [1.807, 2.05) is 13.8 Å². The summed E-state index contributed by atoms with van der Waals surface area (Å²) in [7, 11) is 0. The van der Waals surface area contributed by atoms with E-state index in [4.69, 9.17) is 6.42 Å². The van der Waals surface area contributed by atoms with Gasteiger partial charge in [0.05, 0.1) is 6.54 Å². The summed E-state index contributed by atoms with van der Waals surface area (Å²) >= 11 is 0. The molecule has 0 spiro atoms. The van der Waals surface area contributed by atoms with Crippen molar-refractivity contribution < 1.29 is 4.79 Å². The fourth-order valence-electron chi connectivity index (χ4n) is 3.44. The first-order valence-corrected chi connectivity index (χ1v) is 7.87. The summed E-state index contributed by atoms with van der Waals surface area (Å²) in [5, 5.41) is 6.61. The lowest BCUT2D eigenvalue weighted by atomic mass is 9.94. The summed E-state index contributed by atoms with van der Waals surface area (Å²) in [5.41, 5.74) is -0.470. The summed E-state index contributed by atoms with van der Waals surface area (Å²) < 4.78 is 0. The van der Waals surface area contributed by atoms with E-state index in [1.165, 1.54) is 12.8 Å². The van der Waals surface area contributed by atoms with Crippen molar-refractivity contribution in [2.75, 3.05) is 26.2 Å². The fourth-order valence-corrected chi connectivity index (χ4v) is 3.44. The minimum atomic E-state index is -0.470. The van der Waals surface area contributed by atoms with Crippen LogP contribution in [0.5, 0.6) is 0 Å². The monoisotopic (exact) mass is 277 g/mol. The quantitative estimate of drug-likeness (QED) is 0.736. The fraction of sp³-hybridized carbons (Fsp3) is 0.812. The van der Waals surface area contributed by atoms with Crippen LogP contribution in [0, 0.1) is 18.3 Å². The van der Waals surface area contributed by atoms with Crippen molar-refractivity contribution in [1.82, 2.24) is 15.5 Å². The van der Waals surface area contributed by atoms with Crippen LogP contribution in [-0.2, 0) is 4.79 Å². The summed E-state index contributed by atoms with van der Waals surface area (Å²) in [5.74, 6) is 3.53. The molecule has 0 aromatic rings. The van der Waals surface area contributed by atoms with Gasteiger partial charge in [-0.3, -0.25) is 9.69 Å². The van der Waals surface area contributed by atoms with Crippen molar-refractivity contribution in [3.8, 4) is 12.3 Å². The molecule has 4 nitrogen and oxygen atoms in total. The number of terminal acetylenes is 1. The second-order valence-corrected chi connectivity index (χ2v) is 6.14. The Morgan fingerprint density at radius 2 is 2.20 bits per heavy atom. The molecule has 0 aromatic heterocycles. The van der Waals surface area contributed by atoms with Crippen LogP contribution in [0.3, 0.4) is 0 Å². The van der Waals surface area contributed by atoms with Crippen molar-refractivity contribution in [3.05, 3.63) is 0 Å². The molecule has 112 valence electrons. The molecule has 1 amide bonds. The van der Waals surface area contributed by atoms with Gasteiger partial charge in [0, 0.05) is 19.1 Å². The van der Waals surface area contributed by atoms with Crippen molar-refractivity contribution in [2.45, 2.75) is 51.1 Å². The number of piperidine rings is 1. The summed E-state index contributed by atoms with van der Waals surface area (Å²) in [6.45, 7) is 7.66. The maximum Gasteiger partial charge on any atom is 0.235 e. The van der Waals surface area contributed by atoms with Crippen LogP contribution in [0.15, 0.2) is 0 Å². The van der Waals surface area contributed by atoms with Crippen LogP contribution in [0.4, 0.5) is 0 Å². The third kappa shape index (κ3) is 3.34. The van der Waals surface area contributed by atoms with Gasteiger partial charge < -0.3 is 10.6 Å². The van der Waals surface area contributed by atoms with Gasteiger partial charge in [-0.15, -0.1) is 6.42 Å². The standard InChI is InChI=1S/C16H27N3O/c1-4-16(5-2,6-3)18-15(20)12-19-10-13-8-7-9-17-14(13)11-19/h1,13-14,17H,5-12H2,2-3H3,(H,18,20). The highest BCUT2D eigenvalue weighted by Crippen LogP contribution is 2.24. The molecule has 0 aromatic carbocycles. The largest absolute Gasteiger partial charge is 0.339 e. The van der Waals surface area contributed by atoms with Gasteiger partial charge in [-0.05, 0) is 38.1 Å². The number of hydrogen-bond acceptors (Lipinski definition) is 3. The number of nitrogens with one attached hydrogen (secondary N) is 2. The van der Waals surface area contributed by atoms with E-state index in [1.54, 1.807) is 0 Å². The van der Waals surface area contributed by atoms with Gasteiger partial charge in [0.15, 0.2) is 0 Å². The first-order chi connectivity index (χ1) is 9.62. The van der Waals surface area contributed by atoms with E-state index >= 15 is 0 Å². The lowest BCUT2D eigenvalue weighted by Crippen LogP contribution is -2.50. The molecular formula is C16H27N3O. The minimum absolute atomic E-state index is 0.0605. The van der Waals surface area contributed by atoms with Crippen LogP contribution in [-0.4, -0.2) is 48.6 Å². The van der Waals surface area contributed by atoms with E-state index in [2.05, 4.69) is 21.5 Å². The number of rotatable bonds is 5. The zero-order chi connectivity index (χ0) is 14.6. The van der Waals surface area contributed by atoms with Crippen molar-refractivity contribution in [3.63, 3.8) is 0 Å². The Kier molecular flexibility index (Phi) is 5.06. The van der Waals surface area contributed by atoms with E-state index in [0.29, 0.717) is 18.5 Å². The highest BCUT2D eigenvalue weighted by molar-refractivity contribution is 5.79. The highest BCUT2D eigenvalue weighted by atomic mass is 16.2. The van der Waals surface area contributed by atoms with Crippen LogP contribution >= 0.6 is 0 Å². The smallest absolute Gasteiger partial charge is 0.235 e.